The number of ether oxygens (including phenoxy) is 1. The molecule has 0 aliphatic carbocycles. The van der Waals surface area contributed by atoms with Crippen LogP contribution in [0, 0.1) is 0 Å². The van der Waals surface area contributed by atoms with Crippen molar-refractivity contribution in [3.8, 4) is 0 Å². The van der Waals surface area contributed by atoms with Gasteiger partial charge in [0.1, 0.15) is 11.4 Å². The average Bonchev–Trinajstić information content (AvgIpc) is 2.50. The van der Waals surface area contributed by atoms with Crippen LogP contribution in [-0.4, -0.2) is 41.1 Å². The Morgan fingerprint density at radius 3 is 2.27 bits per heavy atom. The van der Waals surface area contributed by atoms with Gasteiger partial charge < -0.3 is 15.0 Å². The van der Waals surface area contributed by atoms with Crippen molar-refractivity contribution in [2.75, 3.05) is 13.1 Å². The molecule has 146 valence electrons. The number of carbonyl (C=O) groups is 1. The van der Waals surface area contributed by atoms with Gasteiger partial charge in [0.15, 0.2) is 0 Å². The van der Waals surface area contributed by atoms with Crippen molar-refractivity contribution in [3.05, 3.63) is 35.0 Å². The van der Waals surface area contributed by atoms with E-state index in [0.717, 1.165) is 47.5 Å². The molecule has 26 heavy (non-hydrogen) atoms. The molecule has 1 N–H and O–H groups in total. The Hall–Kier alpha value is -1.56. The molecule has 0 bridgehead atoms. The average molecular weight is 426 g/mol. The van der Waals surface area contributed by atoms with Gasteiger partial charge in [-0.25, -0.2) is 9.79 Å². The first-order valence-electron chi connectivity index (χ1n) is 8.86. The first-order valence-corrected chi connectivity index (χ1v) is 9.66. The second kappa shape index (κ2) is 8.89. The molecule has 0 aromatic heterocycles. The lowest BCUT2D eigenvalue weighted by Crippen LogP contribution is -2.55. The largest absolute Gasteiger partial charge is 0.444 e. The van der Waals surface area contributed by atoms with Crippen LogP contribution < -0.4 is 5.32 Å². The summed E-state index contributed by atoms with van der Waals surface area (Å²) >= 11 is 3.39. The van der Waals surface area contributed by atoms with Gasteiger partial charge in [-0.1, -0.05) is 29.1 Å². The van der Waals surface area contributed by atoms with Gasteiger partial charge >= 0.3 is 6.09 Å². The van der Waals surface area contributed by atoms with Gasteiger partial charge in [0, 0.05) is 28.8 Å². The number of piperidine rings is 1. The Labute approximate surface area is 166 Å². The molecule has 1 aliphatic rings. The van der Waals surface area contributed by atoms with Gasteiger partial charge in [-0.15, -0.1) is 0 Å². The molecule has 0 radical (unpaired) electrons. The number of amides is 1. The van der Waals surface area contributed by atoms with Crippen LogP contribution in [0.5, 0.6) is 0 Å². The number of nitrogens with zero attached hydrogens (tertiary/aromatic N) is 2. The summed E-state index contributed by atoms with van der Waals surface area (Å²) < 4.78 is 6.21. The van der Waals surface area contributed by atoms with E-state index in [1.54, 1.807) is 6.08 Å². The lowest BCUT2D eigenvalue weighted by atomic mass is 9.89. The topological polar surface area (TPSA) is 53.9 Å². The van der Waals surface area contributed by atoms with E-state index in [4.69, 9.17) is 9.73 Å². The fraction of sp³-hybridized carbons (Fsp3) is 0.600. The maximum atomic E-state index is 12.1. The third kappa shape index (κ3) is 6.98. The predicted molar refractivity (Wildman–Crippen MR) is 113 cm³/mol. The minimum Gasteiger partial charge on any atom is -0.444 e. The van der Waals surface area contributed by atoms with Crippen molar-refractivity contribution >= 4 is 27.9 Å². The van der Waals surface area contributed by atoms with E-state index in [-0.39, 0.29) is 11.6 Å². The number of hydrogen-bond donors (Lipinski definition) is 1. The molecule has 5 nitrogen and oxygen atoms in total. The highest BCUT2D eigenvalue weighted by molar-refractivity contribution is 9.11. The summed E-state index contributed by atoms with van der Waals surface area (Å²) in [6, 6.07) is 0. The van der Waals surface area contributed by atoms with Crippen molar-refractivity contribution in [2.45, 2.75) is 65.5 Å². The maximum Gasteiger partial charge on any atom is 0.408 e. The zero-order valence-corrected chi connectivity index (χ0v) is 18.5. The number of carbonyl (C=O) groups excluding carboxylic acids is 1. The van der Waals surface area contributed by atoms with Crippen LogP contribution >= 0.6 is 15.9 Å². The molecule has 0 unspecified atom stereocenters. The summed E-state index contributed by atoms with van der Waals surface area (Å²) in [5.74, 6) is 0.843. The molecular formula is C20H32BrN3O2. The van der Waals surface area contributed by atoms with Gasteiger partial charge in [-0.2, -0.15) is 0 Å². The molecule has 1 aliphatic heterocycles. The quantitative estimate of drug-likeness (QED) is 0.384. The standard InChI is InChI=1S/C20H32BrN3O2/c1-9-17(22-16(4)14(2)15(3)21)24-12-10-20(8,11-13-24)23-18(25)26-19(5,6)7/h9H,1,3,10-13H2,2,4-8H3,(H,23,25)/b16-14+,22-17?. The second-order valence-corrected chi connectivity index (χ2v) is 8.92. The van der Waals surface area contributed by atoms with Crippen LogP contribution in [0.2, 0.25) is 0 Å². The summed E-state index contributed by atoms with van der Waals surface area (Å²) in [6.45, 7) is 21.0. The molecule has 1 rings (SSSR count). The molecule has 0 aromatic carbocycles. The molecule has 0 saturated carbocycles. The van der Waals surface area contributed by atoms with Crippen molar-refractivity contribution in [3.63, 3.8) is 0 Å². The Balaban J connectivity index is 2.77. The van der Waals surface area contributed by atoms with E-state index in [0.29, 0.717) is 0 Å². The van der Waals surface area contributed by atoms with Crippen LogP contribution in [-0.2, 0) is 4.74 Å². The number of likely N-dealkylation sites (tertiary alicyclic amines) is 1. The second-order valence-electron chi connectivity index (χ2n) is 7.96. The number of halogens is 1. The van der Waals surface area contributed by atoms with E-state index in [1.807, 2.05) is 34.6 Å². The summed E-state index contributed by atoms with van der Waals surface area (Å²) in [5.41, 5.74) is 1.14. The summed E-state index contributed by atoms with van der Waals surface area (Å²) in [6.07, 6.45) is 3.03. The van der Waals surface area contributed by atoms with Crippen LogP contribution in [0.1, 0.15) is 54.4 Å². The zero-order chi connectivity index (χ0) is 20.1. The van der Waals surface area contributed by atoms with E-state index in [9.17, 15) is 4.79 Å². The fourth-order valence-corrected chi connectivity index (χ4v) is 2.89. The number of aliphatic imine (C=N–C) groups is 1. The number of rotatable bonds is 4. The highest BCUT2D eigenvalue weighted by Gasteiger charge is 2.33. The van der Waals surface area contributed by atoms with E-state index in [2.05, 4.69) is 46.2 Å². The Bertz CT molecular complexity index is 621. The first kappa shape index (κ1) is 22.5. The van der Waals surface area contributed by atoms with E-state index >= 15 is 0 Å². The highest BCUT2D eigenvalue weighted by Crippen LogP contribution is 2.24. The summed E-state index contributed by atoms with van der Waals surface area (Å²) in [5, 5.41) is 3.02. The first-order chi connectivity index (χ1) is 11.9. The van der Waals surface area contributed by atoms with Crippen LogP contribution in [0.4, 0.5) is 4.79 Å². The van der Waals surface area contributed by atoms with E-state index in [1.165, 1.54) is 0 Å². The molecule has 1 amide bonds. The van der Waals surface area contributed by atoms with E-state index < -0.39 is 5.60 Å². The van der Waals surface area contributed by atoms with Crippen molar-refractivity contribution in [1.29, 1.82) is 0 Å². The predicted octanol–water partition coefficient (Wildman–Crippen LogP) is 5.15. The monoisotopic (exact) mass is 425 g/mol. The van der Waals surface area contributed by atoms with Crippen LogP contribution in [0.25, 0.3) is 0 Å². The number of nitrogens with one attached hydrogen (secondary N) is 1. The van der Waals surface area contributed by atoms with Crippen molar-refractivity contribution < 1.29 is 9.53 Å². The molecule has 0 spiro atoms. The Morgan fingerprint density at radius 1 is 1.31 bits per heavy atom. The molecule has 0 aromatic rings. The summed E-state index contributed by atoms with van der Waals surface area (Å²) in [4.78, 5) is 19.0. The number of allylic oxidation sites excluding steroid dienone is 3. The zero-order valence-electron chi connectivity index (χ0n) is 16.9. The Kier molecular flexibility index (Phi) is 7.69. The molecule has 1 fully saturated rings. The fourth-order valence-electron chi connectivity index (χ4n) is 2.60. The number of hydrogen-bond acceptors (Lipinski definition) is 3. The van der Waals surface area contributed by atoms with Gasteiger partial charge in [0.25, 0.3) is 0 Å². The molecule has 1 saturated heterocycles. The molecule has 6 heteroatoms. The van der Waals surface area contributed by atoms with Gasteiger partial charge in [-0.3, -0.25) is 0 Å². The number of alkyl carbamates (subject to hydrolysis) is 1. The van der Waals surface area contributed by atoms with Gasteiger partial charge in [0.2, 0.25) is 0 Å². The minimum absolute atomic E-state index is 0.282. The van der Waals surface area contributed by atoms with Crippen LogP contribution in [0.15, 0.2) is 40.0 Å². The lowest BCUT2D eigenvalue weighted by molar-refractivity contribution is 0.0427. The normalized spacial score (nSPS) is 18.7. The van der Waals surface area contributed by atoms with Crippen LogP contribution in [0.3, 0.4) is 0 Å². The SMILES string of the molecule is C=CC(=N/C(C)=C(\C)C(=C)Br)N1CCC(C)(NC(=O)OC(C)(C)C)CC1. The van der Waals surface area contributed by atoms with Gasteiger partial charge in [0.05, 0.1) is 0 Å². The van der Waals surface area contributed by atoms with Gasteiger partial charge in [-0.05, 0) is 66.0 Å². The number of amidine groups is 1. The van der Waals surface area contributed by atoms with Crippen molar-refractivity contribution in [1.82, 2.24) is 10.2 Å². The Morgan fingerprint density at radius 2 is 1.85 bits per heavy atom. The maximum absolute atomic E-state index is 12.1. The molecule has 0 atom stereocenters. The smallest absolute Gasteiger partial charge is 0.408 e. The highest BCUT2D eigenvalue weighted by atomic mass is 79.9. The molecular weight excluding hydrogens is 394 g/mol. The third-order valence-corrected chi connectivity index (χ3v) is 5.00. The third-order valence-electron chi connectivity index (χ3n) is 4.41. The summed E-state index contributed by atoms with van der Waals surface area (Å²) in [7, 11) is 0. The van der Waals surface area contributed by atoms with Crippen molar-refractivity contribution in [2.24, 2.45) is 4.99 Å². The molecule has 1 heterocycles. The minimum atomic E-state index is -0.495. The lowest BCUT2D eigenvalue weighted by Gasteiger charge is -2.40.